The van der Waals surface area contributed by atoms with Gasteiger partial charge in [-0.3, -0.25) is 4.79 Å². The number of aldehydes is 1. The van der Waals surface area contributed by atoms with Gasteiger partial charge in [0.25, 0.3) is 5.91 Å². The van der Waals surface area contributed by atoms with Crippen LogP contribution in [0.5, 0.6) is 11.5 Å². The summed E-state index contributed by atoms with van der Waals surface area (Å²) >= 11 is 21.4. The fourth-order valence-electron chi connectivity index (χ4n) is 10.3. The number of carbonyl (C=O) groups excluding carboxylic acids is 2. The van der Waals surface area contributed by atoms with Crippen LogP contribution < -0.4 is 14.8 Å². The van der Waals surface area contributed by atoms with Crippen molar-refractivity contribution in [2.45, 2.75) is 83.4 Å². The van der Waals surface area contributed by atoms with Crippen molar-refractivity contribution in [2.24, 2.45) is 5.41 Å². The highest BCUT2D eigenvalue weighted by Crippen LogP contribution is 2.47. The molecular formula is C63H59Br2Cl2F2N3O5. The van der Waals surface area contributed by atoms with Crippen LogP contribution in [0.25, 0.3) is 28.2 Å². The van der Waals surface area contributed by atoms with Crippen molar-refractivity contribution < 1.29 is 32.6 Å². The van der Waals surface area contributed by atoms with E-state index in [1.54, 1.807) is 36.4 Å². The highest BCUT2D eigenvalue weighted by atomic mass is 79.9. The fourth-order valence-corrected chi connectivity index (χ4v) is 11.8. The maximum Gasteiger partial charge on any atom is 0.253 e. The minimum absolute atomic E-state index is 0.0301. The molecule has 2 aromatic heterocycles. The summed E-state index contributed by atoms with van der Waals surface area (Å²) in [4.78, 5) is 27.0. The lowest BCUT2D eigenvalue weighted by Gasteiger charge is -2.42. The van der Waals surface area contributed by atoms with E-state index < -0.39 is 10.8 Å². The van der Waals surface area contributed by atoms with Gasteiger partial charge < -0.3 is 33.5 Å². The van der Waals surface area contributed by atoms with Crippen molar-refractivity contribution in [3.63, 3.8) is 0 Å². The molecule has 8 aromatic rings. The molecule has 0 bridgehead atoms. The fraction of sp³-hybridized carbons (Fsp3) is 0.270. The van der Waals surface area contributed by atoms with E-state index in [0.29, 0.717) is 61.7 Å². The highest BCUT2D eigenvalue weighted by Gasteiger charge is 2.45. The van der Waals surface area contributed by atoms with E-state index in [2.05, 4.69) is 71.4 Å². The van der Waals surface area contributed by atoms with Gasteiger partial charge in [0.05, 0.1) is 46.6 Å². The summed E-state index contributed by atoms with van der Waals surface area (Å²) in [6.45, 7) is 7.18. The third kappa shape index (κ3) is 13.1. The van der Waals surface area contributed by atoms with Gasteiger partial charge in [-0.25, -0.2) is 8.78 Å². The Morgan fingerprint density at radius 3 is 2.21 bits per heavy atom. The van der Waals surface area contributed by atoms with Crippen LogP contribution in [0.2, 0.25) is 5.02 Å². The summed E-state index contributed by atoms with van der Waals surface area (Å²) in [5, 5.41) is 3.02. The first-order valence-electron chi connectivity index (χ1n) is 25.8. The number of carbonyl (C=O) groups is 2. The van der Waals surface area contributed by atoms with Crippen molar-refractivity contribution in [1.82, 2.24) is 14.5 Å². The normalized spacial score (nSPS) is 16.7. The van der Waals surface area contributed by atoms with Crippen LogP contribution in [0.3, 0.4) is 0 Å². The van der Waals surface area contributed by atoms with Gasteiger partial charge in [-0.1, -0.05) is 98.1 Å². The Labute approximate surface area is 475 Å². The molecular weight excluding hydrogens is 1150 g/mol. The van der Waals surface area contributed by atoms with E-state index in [-0.39, 0.29) is 42.8 Å². The molecule has 1 aliphatic carbocycles. The summed E-state index contributed by atoms with van der Waals surface area (Å²) in [7, 11) is 0. The number of alkyl halides is 1. The van der Waals surface area contributed by atoms with Gasteiger partial charge in [0.2, 0.25) is 0 Å². The number of amides is 1. The summed E-state index contributed by atoms with van der Waals surface area (Å²) in [6, 6.07) is 45.9. The van der Waals surface area contributed by atoms with Gasteiger partial charge in [-0.15, -0.1) is 11.6 Å². The van der Waals surface area contributed by atoms with Crippen LogP contribution in [0, 0.1) is 30.9 Å². The Morgan fingerprint density at radius 2 is 1.47 bits per heavy atom. The zero-order chi connectivity index (χ0) is 54.2. The molecule has 1 N–H and O–H groups in total. The molecule has 3 unspecified atom stereocenters. The third-order valence-electron chi connectivity index (χ3n) is 14.5. The van der Waals surface area contributed by atoms with Crippen LogP contribution in [-0.4, -0.2) is 46.5 Å². The van der Waals surface area contributed by atoms with Crippen molar-refractivity contribution >= 4 is 67.3 Å². The van der Waals surface area contributed by atoms with Gasteiger partial charge in [0, 0.05) is 61.6 Å². The number of nitrogens with zero attached hydrogens (tertiary/aromatic N) is 2. The number of aryl methyl sites for hydroxylation is 3. The van der Waals surface area contributed by atoms with Gasteiger partial charge in [-0.2, -0.15) is 0 Å². The highest BCUT2D eigenvalue weighted by molar-refractivity contribution is 9.10. The predicted molar refractivity (Wildman–Crippen MR) is 310 cm³/mol. The van der Waals surface area contributed by atoms with E-state index in [0.717, 1.165) is 89.2 Å². The lowest BCUT2D eigenvalue weighted by atomic mass is 9.73. The number of rotatable bonds is 21. The zero-order valence-corrected chi connectivity index (χ0v) is 47.7. The molecule has 1 aliphatic rings. The minimum atomic E-state index is -0.921. The molecule has 4 atom stereocenters. The molecule has 14 heteroatoms. The van der Waals surface area contributed by atoms with Gasteiger partial charge in [0.15, 0.2) is 0 Å². The van der Waals surface area contributed by atoms with Gasteiger partial charge in [0.1, 0.15) is 36.0 Å². The topological polar surface area (TPSA) is 83.7 Å². The monoisotopic (exact) mass is 1200 g/mol. The van der Waals surface area contributed by atoms with E-state index >= 15 is 0 Å². The predicted octanol–water partition coefficient (Wildman–Crippen LogP) is 16.5. The summed E-state index contributed by atoms with van der Waals surface area (Å²) < 4.78 is 53.1. The van der Waals surface area contributed by atoms with Crippen molar-refractivity contribution in [2.75, 3.05) is 19.8 Å². The Balaban J connectivity index is 0.906. The lowest BCUT2D eigenvalue weighted by molar-refractivity contribution is -0.122. The number of benzene rings is 6. The number of hydrogen-bond donors (Lipinski definition) is 1. The molecule has 1 amide bonds. The van der Waals surface area contributed by atoms with Crippen molar-refractivity contribution in [1.29, 1.82) is 0 Å². The average Bonchev–Trinajstić information content (AvgIpc) is 4.03. The van der Waals surface area contributed by atoms with Crippen molar-refractivity contribution in [3.8, 4) is 39.7 Å². The standard InChI is InChI=1S/C63H59Br2Cl2F2N3O5/c1-40-11-26-58(71(40)50-22-24-56(66)52(34-50)62(74)70-42(3)45-8-5-4-6-9-45)54-35-55(65)46(32-60(54)77-37-44-15-20-49(69)21-16-44)10-7-30-75-39-63(38-73)36-51(23-28-61(63)67)72-41(2)12-25-57(72)53-33-47(64)17-27-59(53)76-31-29-43-13-18-48(68)19-14-43/h4-6,8-9,11-22,24-27,32-35,38,42,51,61H,7,10,23,28-31,36-37,39H2,1-3H3,(H,70,74)/t42-,51?,61?,63?/m0/s1. The van der Waals surface area contributed by atoms with Crippen LogP contribution in [-0.2, 0) is 29.0 Å². The Bertz CT molecular complexity index is 3350. The van der Waals surface area contributed by atoms with E-state index in [1.807, 2.05) is 86.6 Å². The first-order chi connectivity index (χ1) is 37.2. The third-order valence-corrected chi connectivity index (χ3v) is 16.7. The molecule has 2 heterocycles. The Morgan fingerprint density at radius 1 is 0.766 bits per heavy atom. The molecule has 0 aliphatic heterocycles. The number of aromatic nitrogens is 2. The van der Waals surface area contributed by atoms with Gasteiger partial charge >= 0.3 is 0 Å². The molecule has 0 saturated heterocycles. The SMILES string of the molecule is Cc1ccc(-c2cc(Br)c(CCCOCC3(C=O)CC(n4c(C)ccc4-c4cc(Br)ccc4OCCc4ccc(F)cc4)CCC3Cl)cc2OCc2ccc(F)cc2)n1-c1ccc(Cl)c(C(=O)N[C@@H](C)c2ccccc2)c1. The average molecular weight is 1210 g/mol. The molecule has 77 heavy (non-hydrogen) atoms. The maximum atomic E-state index is 14.0. The molecule has 0 radical (unpaired) electrons. The maximum absolute atomic E-state index is 14.0. The van der Waals surface area contributed by atoms with Gasteiger partial charge in [-0.05, 0) is 172 Å². The van der Waals surface area contributed by atoms with Crippen LogP contribution >= 0.6 is 55.1 Å². The second-order valence-corrected chi connectivity index (χ2v) is 22.5. The first kappa shape index (κ1) is 55.7. The molecule has 6 aromatic carbocycles. The molecule has 1 saturated carbocycles. The van der Waals surface area contributed by atoms with Crippen LogP contribution in [0.1, 0.15) is 88.7 Å². The Kier molecular flexibility index (Phi) is 18.2. The van der Waals surface area contributed by atoms with Crippen LogP contribution in [0.15, 0.2) is 161 Å². The second-order valence-electron chi connectivity index (χ2n) is 19.8. The molecule has 398 valence electrons. The van der Waals surface area contributed by atoms with E-state index in [4.69, 9.17) is 37.4 Å². The second kappa shape index (κ2) is 25.2. The summed E-state index contributed by atoms with van der Waals surface area (Å²) in [5.41, 5.74) is 9.43. The van der Waals surface area contributed by atoms with E-state index in [9.17, 15) is 18.4 Å². The summed E-state index contributed by atoms with van der Waals surface area (Å²) in [6.07, 6.45) is 4.81. The Hall–Kier alpha value is -6.02. The largest absolute Gasteiger partial charge is 0.493 e. The molecule has 8 nitrogen and oxygen atoms in total. The molecule has 9 rings (SSSR count). The number of halogens is 6. The quantitative estimate of drug-likeness (QED) is 0.0440. The first-order valence-corrected chi connectivity index (χ1v) is 28.2. The number of hydrogen-bond acceptors (Lipinski definition) is 5. The lowest BCUT2D eigenvalue weighted by Crippen LogP contribution is -2.44. The number of ether oxygens (including phenoxy) is 3. The van der Waals surface area contributed by atoms with Crippen LogP contribution in [0.4, 0.5) is 8.78 Å². The molecule has 0 spiro atoms. The zero-order valence-electron chi connectivity index (χ0n) is 43.0. The molecule has 1 fully saturated rings. The van der Waals surface area contributed by atoms with E-state index in [1.165, 1.54) is 24.3 Å². The van der Waals surface area contributed by atoms with Crippen molar-refractivity contribution in [3.05, 3.63) is 216 Å². The minimum Gasteiger partial charge on any atom is -0.493 e. The smallest absolute Gasteiger partial charge is 0.253 e. The summed E-state index contributed by atoms with van der Waals surface area (Å²) in [5.74, 6) is 0.451. The number of nitrogens with one attached hydrogen (secondary N) is 1.